The molecule has 91 valence electrons. The average molecular weight is 231 g/mol. The van der Waals surface area contributed by atoms with Crippen molar-refractivity contribution in [1.29, 1.82) is 0 Å². The highest BCUT2D eigenvalue weighted by molar-refractivity contribution is 5.48. The molecule has 2 saturated carbocycles. The molecule has 0 heterocycles. The second-order valence-electron chi connectivity index (χ2n) is 5.09. The van der Waals surface area contributed by atoms with E-state index in [2.05, 4.69) is 12.1 Å². The highest BCUT2D eigenvalue weighted by Gasteiger charge is 2.31. The molecule has 0 atom stereocenters. The van der Waals surface area contributed by atoms with E-state index in [9.17, 15) is 0 Å². The van der Waals surface area contributed by atoms with Gasteiger partial charge < -0.3 is 9.47 Å². The van der Waals surface area contributed by atoms with E-state index in [4.69, 9.17) is 9.47 Å². The van der Waals surface area contributed by atoms with Gasteiger partial charge in [0.15, 0.2) is 0 Å². The largest absolute Gasteiger partial charge is 0.496 e. The number of benzene rings is 1. The molecule has 1 aromatic rings. The van der Waals surface area contributed by atoms with Gasteiger partial charge in [0.25, 0.3) is 0 Å². The summed E-state index contributed by atoms with van der Waals surface area (Å²) >= 11 is 0. The molecule has 0 bridgehead atoms. The molecule has 2 aliphatic rings. The fourth-order valence-corrected chi connectivity index (χ4v) is 2.69. The predicted octanol–water partition coefficient (Wildman–Crippen LogP) is 3.69. The minimum absolute atomic E-state index is 0.416. The van der Waals surface area contributed by atoms with Gasteiger partial charge in [0.1, 0.15) is 11.5 Å². The highest BCUT2D eigenvalue weighted by Crippen LogP contribution is 2.49. The maximum atomic E-state index is 6.15. The number of hydrogen-bond acceptors (Lipinski definition) is 2. The van der Waals surface area contributed by atoms with Gasteiger partial charge in [-0.15, -0.1) is 0 Å². The first-order valence-electron chi connectivity index (χ1n) is 6.63. The normalized spacial score (nSPS) is 20.5. The lowest BCUT2D eigenvalue weighted by molar-refractivity contribution is 0.207. The quantitative estimate of drug-likeness (QED) is 0.786. The van der Waals surface area contributed by atoms with Crippen LogP contribution in [-0.4, -0.2) is 13.2 Å². The zero-order valence-corrected chi connectivity index (χ0v) is 10.4. The molecule has 1 radical (unpaired) electrons. The zero-order chi connectivity index (χ0) is 11.7. The van der Waals surface area contributed by atoms with Crippen LogP contribution in [0.25, 0.3) is 0 Å². The van der Waals surface area contributed by atoms with Crippen molar-refractivity contribution < 1.29 is 9.47 Å². The summed E-state index contributed by atoms with van der Waals surface area (Å²) in [6.45, 7) is 0. The van der Waals surface area contributed by atoms with Crippen LogP contribution >= 0.6 is 0 Å². The van der Waals surface area contributed by atoms with E-state index in [-0.39, 0.29) is 0 Å². The zero-order valence-electron chi connectivity index (χ0n) is 10.4. The molecule has 2 nitrogen and oxygen atoms in total. The Balaban J connectivity index is 1.86. The van der Waals surface area contributed by atoms with Crippen molar-refractivity contribution in [2.45, 2.75) is 50.5 Å². The van der Waals surface area contributed by atoms with Gasteiger partial charge in [-0.2, -0.15) is 0 Å². The predicted molar refractivity (Wildman–Crippen MR) is 66.7 cm³/mol. The summed E-state index contributed by atoms with van der Waals surface area (Å²) in [5, 5.41) is 0. The standard InChI is InChI=1S/C15H19O2/c1-16-13-7-4-8-14(15(13)11-9-10-11)17-12-5-2-3-6-12/h4,8,11-12H,2-3,5-6,9-10H2,1H3. The van der Waals surface area contributed by atoms with Crippen LogP contribution in [0.4, 0.5) is 0 Å². The van der Waals surface area contributed by atoms with Crippen LogP contribution in [0.15, 0.2) is 12.1 Å². The molecular formula is C15H19O2. The lowest BCUT2D eigenvalue weighted by Crippen LogP contribution is -2.12. The molecule has 0 aromatic heterocycles. The van der Waals surface area contributed by atoms with Crippen LogP contribution in [0, 0.1) is 6.07 Å². The number of rotatable bonds is 4. The molecule has 1 aromatic carbocycles. The Hall–Kier alpha value is -1.18. The summed E-state index contributed by atoms with van der Waals surface area (Å²) in [6.07, 6.45) is 7.94. The van der Waals surface area contributed by atoms with Gasteiger partial charge in [-0.05, 0) is 56.6 Å². The van der Waals surface area contributed by atoms with Crippen molar-refractivity contribution in [1.82, 2.24) is 0 Å². The van der Waals surface area contributed by atoms with Crippen LogP contribution in [0.3, 0.4) is 0 Å². The molecular weight excluding hydrogens is 212 g/mol. The van der Waals surface area contributed by atoms with Crippen LogP contribution in [0.2, 0.25) is 0 Å². The van der Waals surface area contributed by atoms with Crippen LogP contribution in [0.5, 0.6) is 11.5 Å². The molecule has 0 unspecified atom stereocenters. The van der Waals surface area contributed by atoms with E-state index in [1.54, 1.807) is 7.11 Å². The fourth-order valence-electron chi connectivity index (χ4n) is 2.69. The fraction of sp³-hybridized carbons (Fsp3) is 0.600. The van der Waals surface area contributed by atoms with Gasteiger partial charge >= 0.3 is 0 Å². The molecule has 2 aliphatic carbocycles. The van der Waals surface area contributed by atoms with Gasteiger partial charge in [-0.25, -0.2) is 0 Å². The molecule has 0 spiro atoms. The summed E-state index contributed by atoms with van der Waals surface area (Å²) in [7, 11) is 1.72. The lowest BCUT2D eigenvalue weighted by Gasteiger charge is -2.18. The summed E-state index contributed by atoms with van der Waals surface area (Å²) in [4.78, 5) is 0. The van der Waals surface area contributed by atoms with Crippen LogP contribution < -0.4 is 9.47 Å². The molecule has 0 aliphatic heterocycles. The summed E-state index contributed by atoms with van der Waals surface area (Å²) in [6, 6.07) is 7.13. The Labute approximate surface area is 103 Å². The van der Waals surface area contributed by atoms with Crippen molar-refractivity contribution in [2.24, 2.45) is 0 Å². The van der Waals surface area contributed by atoms with E-state index in [0.29, 0.717) is 12.0 Å². The highest BCUT2D eigenvalue weighted by atomic mass is 16.5. The van der Waals surface area contributed by atoms with Crippen molar-refractivity contribution in [2.75, 3.05) is 7.11 Å². The van der Waals surface area contributed by atoms with E-state index < -0.39 is 0 Å². The summed E-state index contributed by atoms with van der Waals surface area (Å²) < 4.78 is 11.6. The molecule has 2 heteroatoms. The topological polar surface area (TPSA) is 18.5 Å². The minimum atomic E-state index is 0.416. The second kappa shape index (κ2) is 4.59. The maximum absolute atomic E-state index is 6.15. The monoisotopic (exact) mass is 231 g/mol. The average Bonchev–Trinajstić information content (AvgIpc) is 3.07. The molecule has 2 fully saturated rings. The second-order valence-corrected chi connectivity index (χ2v) is 5.09. The van der Waals surface area contributed by atoms with Gasteiger partial charge in [-0.1, -0.05) is 0 Å². The molecule has 0 amide bonds. The number of hydrogen-bond donors (Lipinski definition) is 0. The van der Waals surface area contributed by atoms with Gasteiger partial charge in [0.2, 0.25) is 0 Å². The van der Waals surface area contributed by atoms with Crippen molar-refractivity contribution in [3.05, 3.63) is 23.8 Å². The summed E-state index contributed by atoms with van der Waals surface area (Å²) in [5.74, 6) is 2.55. The third-order valence-electron chi connectivity index (χ3n) is 3.74. The lowest BCUT2D eigenvalue weighted by atomic mass is 10.1. The molecule has 3 rings (SSSR count). The molecule has 0 saturated heterocycles. The minimum Gasteiger partial charge on any atom is -0.496 e. The van der Waals surface area contributed by atoms with E-state index in [0.717, 1.165) is 11.5 Å². The van der Waals surface area contributed by atoms with E-state index >= 15 is 0 Å². The number of methoxy groups -OCH3 is 1. The first kappa shape index (κ1) is 10.9. The van der Waals surface area contributed by atoms with Crippen molar-refractivity contribution in [3.8, 4) is 11.5 Å². The third-order valence-corrected chi connectivity index (χ3v) is 3.74. The van der Waals surface area contributed by atoms with Crippen LogP contribution in [0.1, 0.15) is 50.0 Å². The number of ether oxygens (including phenoxy) is 2. The smallest absolute Gasteiger partial charge is 0.133 e. The Kier molecular flexibility index (Phi) is 2.96. The van der Waals surface area contributed by atoms with E-state index in [1.165, 1.54) is 44.1 Å². The Bertz CT molecular complexity index is 390. The SMILES string of the molecule is COc1[c]ccc(OC2CCCC2)c1C1CC1. The van der Waals surface area contributed by atoms with E-state index in [1.807, 2.05) is 6.07 Å². The van der Waals surface area contributed by atoms with Gasteiger partial charge in [0.05, 0.1) is 13.2 Å². The summed E-state index contributed by atoms with van der Waals surface area (Å²) in [5.41, 5.74) is 1.25. The Morgan fingerprint density at radius 1 is 1.18 bits per heavy atom. The van der Waals surface area contributed by atoms with Gasteiger partial charge in [-0.3, -0.25) is 0 Å². The first-order chi connectivity index (χ1) is 8.38. The van der Waals surface area contributed by atoms with Crippen molar-refractivity contribution in [3.63, 3.8) is 0 Å². The molecule has 0 N–H and O–H groups in total. The maximum Gasteiger partial charge on any atom is 0.133 e. The Morgan fingerprint density at radius 3 is 2.59 bits per heavy atom. The Morgan fingerprint density at radius 2 is 1.94 bits per heavy atom. The first-order valence-corrected chi connectivity index (χ1v) is 6.63. The van der Waals surface area contributed by atoms with Gasteiger partial charge in [0, 0.05) is 11.6 Å². The van der Waals surface area contributed by atoms with Crippen LogP contribution in [-0.2, 0) is 0 Å². The van der Waals surface area contributed by atoms with Crippen molar-refractivity contribution >= 4 is 0 Å². The molecule has 17 heavy (non-hydrogen) atoms. The third kappa shape index (κ3) is 2.26.